The van der Waals surface area contributed by atoms with Crippen LogP contribution in [0.4, 0.5) is 23.2 Å². The van der Waals surface area contributed by atoms with E-state index in [1.54, 1.807) is 0 Å². The van der Waals surface area contributed by atoms with E-state index in [2.05, 4.69) is 30.6 Å². The van der Waals surface area contributed by atoms with Gasteiger partial charge in [-0.15, -0.1) is 9.90 Å². The van der Waals surface area contributed by atoms with E-state index in [0.29, 0.717) is 23.3 Å². The number of nitrogens with zero attached hydrogens (tertiary/aromatic N) is 7. The Kier molecular flexibility index (Phi) is 6.03. The molecule has 0 aliphatic heterocycles. The Hall–Kier alpha value is -3.90. The van der Waals surface area contributed by atoms with E-state index in [1.807, 2.05) is 27.7 Å². The topological polar surface area (TPSA) is 103 Å². The lowest BCUT2D eigenvalue weighted by Gasteiger charge is -2.19. The van der Waals surface area contributed by atoms with Crippen LogP contribution in [0.5, 0.6) is 0 Å². The van der Waals surface area contributed by atoms with Crippen LogP contribution in [0, 0.1) is 5.95 Å². The van der Waals surface area contributed by atoms with Crippen LogP contribution >= 0.6 is 0 Å². The zero-order chi connectivity index (χ0) is 25.5. The Morgan fingerprint density at radius 1 is 1.11 bits per heavy atom. The summed E-state index contributed by atoms with van der Waals surface area (Å²) in [5.41, 5.74) is -0.308. The highest BCUT2D eigenvalue weighted by Gasteiger charge is 2.43. The van der Waals surface area contributed by atoms with Crippen molar-refractivity contribution in [2.24, 2.45) is 0 Å². The Balaban J connectivity index is 0.00000141. The van der Waals surface area contributed by atoms with Gasteiger partial charge in [0.15, 0.2) is 11.5 Å². The quantitative estimate of drug-likeness (QED) is 0.430. The molecule has 1 aliphatic rings. The van der Waals surface area contributed by atoms with E-state index in [-0.39, 0.29) is 5.69 Å². The van der Waals surface area contributed by atoms with Gasteiger partial charge in [0.1, 0.15) is 5.56 Å². The van der Waals surface area contributed by atoms with Crippen LogP contribution in [-0.2, 0) is 16.4 Å². The molecule has 1 N–H and O–H groups in total. The predicted molar refractivity (Wildman–Crippen MR) is 117 cm³/mol. The van der Waals surface area contributed by atoms with Gasteiger partial charge in [-0.1, -0.05) is 27.7 Å². The number of halogens is 4. The van der Waals surface area contributed by atoms with Gasteiger partial charge < -0.3 is 5.32 Å². The first-order valence-corrected chi connectivity index (χ1v) is 10.8. The fourth-order valence-corrected chi connectivity index (χ4v) is 4.25. The Morgan fingerprint density at radius 2 is 1.80 bits per heavy atom. The first kappa shape index (κ1) is 24.2. The largest absolute Gasteiger partial charge is 0.420 e. The number of carbonyl (C=O) groups excluding carboxylic acids is 1. The third kappa shape index (κ3) is 4.33. The van der Waals surface area contributed by atoms with Gasteiger partial charge in [-0.05, 0) is 12.5 Å². The Morgan fingerprint density at radius 3 is 2.46 bits per heavy atom. The van der Waals surface area contributed by atoms with Crippen molar-refractivity contribution in [1.82, 2.24) is 34.6 Å². The standard InChI is InChI=1S/C20H16F4N8O.C2H6/c1-19(2)7-11(12-9-25-15-6-14(21)30-31(15)16(12)19)18(33)29-10-5-13(20(22,23)24)17(26-8-10)32-27-3-4-28-32;1-2/h3-6,8-9,11H,7H2,1-2H3,(H,29,33);1-2H3. The minimum Gasteiger partial charge on any atom is -0.324 e. The smallest absolute Gasteiger partial charge is 0.324 e. The first-order valence-electron chi connectivity index (χ1n) is 10.8. The van der Waals surface area contributed by atoms with Gasteiger partial charge in [0.25, 0.3) is 0 Å². The van der Waals surface area contributed by atoms with Crippen molar-refractivity contribution in [1.29, 1.82) is 0 Å². The third-order valence-electron chi connectivity index (χ3n) is 5.58. The molecule has 1 aliphatic carbocycles. The highest BCUT2D eigenvalue weighted by molar-refractivity contribution is 5.96. The summed E-state index contributed by atoms with van der Waals surface area (Å²) in [5, 5.41) is 13.7. The molecule has 0 bridgehead atoms. The number of aromatic nitrogens is 7. The molecule has 1 atom stereocenters. The second kappa shape index (κ2) is 8.71. The van der Waals surface area contributed by atoms with Crippen molar-refractivity contribution in [3.05, 3.63) is 59.7 Å². The van der Waals surface area contributed by atoms with Gasteiger partial charge in [0.2, 0.25) is 11.9 Å². The molecule has 0 saturated carbocycles. The predicted octanol–water partition coefficient (Wildman–Crippen LogP) is 4.29. The number of hydrogen-bond donors (Lipinski definition) is 1. The number of fused-ring (bicyclic) bond motifs is 3. The zero-order valence-electron chi connectivity index (χ0n) is 19.3. The van der Waals surface area contributed by atoms with Crippen molar-refractivity contribution in [3.63, 3.8) is 0 Å². The highest BCUT2D eigenvalue weighted by atomic mass is 19.4. The molecule has 0 radical (unpaired) electrons. The zero-order valence-corrected chi connectivity index (χ0v) is 19.3. The maximum Gasteiger partial charge on any atom is 0.420 e. The molecule has 4 aromatic heterocycles. The molecule has 1 amide bonds. The first-order chi connectivity index (χ1) is 16.5. The van der Waals surface area contributed by atoms with Gasteiger partial charge in [-0.25, -0.2) is 14.5 Å². The van der Waals surface area contributed by atoms with Crippen LogP contribution in [0.15, 0.2) is 36.9 Å². The number of hydrogen-bond acceptors (Lipinski definition) is 6. The average Bonchev–Trinajstić information content (AvgIpc) is 3.51. The van der Waals surface area contributed by atoms with Crippen LogP contribution < -0.4 is 5.32 Å². The molecule has 0 spiro atoms. The van der Waals surface area contributed by atoms with Crippen molar-refractivity contribution in [2.75, 3.05) is 5.32 Å². The highest BCUT2D eigenvalue weighted by Crippen LogP contribution is 2.46. The van der Waals surface area contributed by atoms with Crippen LogP contribution in [-0.4, -0.2) is 40.5 Å². The number of pyridine rings is 1. The summed E-state index contributed by atoms with van der Waals surface area (Å²) >= 11 is 0. The van der Waals surface area contributed by atoms with Gasteiger partial charge >= 0.3 is 6.18 Å². The third-order valence-corrected chi connectivity index (χ3v) is 5.58. The second-order valence-electron chi connectivity index (χ2n) is 8.34. The number of carbonyl (C=O) groups is 1. The fourth-order valence-electron chi connectivity index (χ4n) is 4.25. The molecular weight excluding hydrogens is 468 g/mol. The molecule has 4 heterocycles. The van der Waals surface area contributed by atoms with Crippen LogP contribution in [0.1, 0.15) is 56.9 Å². The van der Waals surface area contributed by atoms with E-state index in [9.17, 15) is 22.4 Å². The maximum atomic E-state index is 13.7. The lowest BCUT2D eigenvalue weighted by molar-refractivity contribution is -0.137. The molecule has 4 aromatic rings. The lowest BCUT2D eigenvalue weighted by Crippen LogP contribution is -2.22. The summed E-state index contributed by atoms with van der Waals surface area (Å²) in [4.78, 5) is 21.8. The Bertz CT molecular complexity index is 1380. The van der Waals surface area contributed by atoms with E-state index in [4.69, 9.17) is 0 Å². The molecule has 0 fully saturated rings. The minimum absolute atomic E-state index is 0.131. The summed E-state index contributed by atoms with van der Waals surface area (Å²) in [5.74, 6) is -2.46. The molecule has 1 unspecified atom stereocenters. The molecule has 13 heteroatoms. The normalized spacial score (nSPS) is 16.5. The van der Waals surface area contributed by atoms with Crippen molar-refractivity contribution in [2.45, 2.75) is 51.6 Å². The second-order valence-corrected chi connectivity index (χ2v) is 8.34. The number of alkyl halides is 3. The molecule has 9 nitrogen and oxygen atoms in total. The van der Waals surface area contributed by atoms with E-state index in [0.717, 1.165) is 17.1 Å². The lowest BCUT2D eigenvalue weighted by atomic mass is 9.88. The number of rotatable bonds is 3. The van der Waals surface area contributed by atoms with Gasteiger partial charge in [-0.2, -0.15) is 27.8 Å². The molecule has 35 heavy (non-hydrogen) atoms. The summed E-state index contributed by atoms with van der Waals surface area (Å²) in [6.07, 6.45) is 0.637. The average molecular weight is 490 g/mol. The summed E-state index contributed by atoms with van der Waals surface area (Å²) in [6, 6.07) is 1.97. The Labute approximate surface area is 197 Å². The van der Waals surface area contributed by atoms with E-state index >= 15 is 0 Å². The molecule has 0 aromatic carbocycles. The summed E-state index contributed by atoms with van der Waals surface area (Å²) < 4.78 is 56.0. The molecule has 0 saturated heterocycles. The number of nitrogens with one attached hydrogen (secondary N) is 1. The van der Waals surface area contributed by atoms with Crippen LogP contribution in [0.2, 0.25) is 0 Å². The maximum absolute atomic E-state index is 13.7. The molecular formula is C22H22F4N8O. The fraction of sp³-hybridized carbons (Fsp3) is 0.364. The van der Waals surface area contributed by atoms with Gasteiger partial charge in [-0.3, -0.25) is 4.79 Å². The summed E-state index contributed by atoms with van der Waals surface area (Å²) in [7, 11) is 0. The monoisotopic (exact) mass is 490 g/mol. The number of anilines is 1. The van der Waals surface area contributed by atoms with Gasteiger partial charge in [0, 0.05) is 23.2 Å². The minimum atomic E-state index is -4.75. The van der Waals surface area contributed by atoms with E-state index in [1.165, 1.54) is 29.2 Å². The molecule has 5 rings (SSSR count). The van der Waals surface area contributed by atoms with Crippen molar-refractivity contribution in [3.8, 4) is 5.82 Å². The van der Waals surface area contributed by atoms with E-state index < -0.39 is 40.7 Å². The molecule has 184 valence electrons. The van der Waals surface area contributed by atoms with Crippen LogP contribution in [0.3, 0.4) is 0 Å². The van der Waals surface area contributed by atoms with Crippen molar-refractivity contribution >= 4 is 17.2 Å². The SMILES string of the molecule is CC.CC1(C)CC(C(=O)Nc2cnc(-n3nccn3)c(C(F)(F)F)c2)c2cnc3cc(F)nn3c21. The number of amides is 1. The van der Waals surface area contributed by atoms with Crippen molar-refractivity contribution < 1.29 is 22.4 Å². The summed E-state index contributed by atoms with van der Waals surface area (Å²) in [6.45, 7) is 7.76. The van der Waals surface area contributed by atoms with Crippen LogP contribution in [0.25, 0.3) is 11.5 Å². The van der Waals surface area contributed by atoms with Gasteiger partial charge in [0.05, 0.1) is 35.9 Å².